The molecule has 1 amide bonds. The lowest BCUT2D eigenvalue weighted by atomic mass is 10.1. The fourth-order valence-corrected chi connectivity index (χ4v) is 2.40. The number of carbonyl (C=O) groups excluding carboxylic acids is 2. The molecule has 1 aromatic heterocycles. The first-order valence-corrected chi connectivity index (χ1v) is 8.13. The highest BCUT2D eigenvalue weighted by Crippen LogP contribution is 2.17. The van der Waals surface area contributed by atoms with Crippen LogP contribution in [-0.4, -0.2) is 17.6 Å². The highest BCUT2D eigenvalue weighted by molar-refractivity contribution is 6.01. The van der Waals surface area contributed by atoms with Gasteiger partial charge in [0.1, 0.15) is 11.5 Å². The highest BCUT2D eigenvalue weighted by Gasteiger charge is 2.11. The molecule has 6 nitrogen and oxygen atoms in total. The van der Waals surface area contributed by atoms with Gasteiger partial charge >= 0.3 is 0 Å². The van der Waals surface area contributed by atoms with E-state index in [1.54, 1.807) is 32.0 Å². The van der Waals surface area contributed by atoms with Crippen LogP contribution in [0.1, 0.15) is 53.3 Å². The van der Waals surface area contributed by atoms with Crippen LogP contribution in [0.4, 0.5) is 0 Å². The number of hydrogen-bond acceptors (Lipinski definition) is 5. The minimum absolute atomic E-state index is 0.104. The molecule has 2 aromatic rings. The number of hydrazone groups is 1. The third-order valence-corrected chi connectivity index (χ3v) is 3.88. The van der Waals surface area contributed by atoms with Gasteiger partial charge in [-0.05, 0) is 50.5 Å². The van der Waals surface area contributed by atoms with E-state index < -0.39 is 5.97 Å². The Kier molecular flexibility index (Phi) is 6.11. The zero-order valence-corrected chi connectivity index (χ0v) is 14.6. The predicted octanol–water partition coefficient (Wildman–Crippen LogP) is 1.99. The number of carboxylic acid groups (broad SMARTS) is 1. The third-order valence-electron chi connectivity index (χ3n) is 3.88. The van der Waals surface area contributed by atoms with E-state index in [1.807, 2.05) is 12.1 Å². The molecule has 1 heterocycles. The fraction of sp³-hybridized carbons (Fsp3) is 0.316. The topological polar surface area (TPSA) is 94.7 Å². The van der Waals surface area contributed by atoms with Crippen molar-refractivity contribution >= 4 is 17.6 Å². The van der Waals surface area contributed by atoms with Gasteiger partial charge in [-0.3, -0.25) is 4.79 Å². The average molecular weight is 341 g/mol. The van der Waals surface area contributed by atoms with Gasteiger partial charge in [-0.1, -0.05) is 19.1 Å². The van der Waals surface area contributed by atoms with Crippen LogP contribution in [0.2, 0.25) is 0 Å². The van der Waals surface area contributed by atoms with Gasteiger partial charge in [-0.15, -0.1) is 0 Å². The van der Waals surface area contributed by atoms with E-state index in [4.69, 9.17) is 4.42 Å². The van der Waals surface area contributed by atoms with Crippen molar-refractivity contribution in [2.75, 3.05) is 0 Å². The number of carbonyl (C=O) groups is 2. The normalized spacial score (nSPS) is 11.4. The van der Waals surface area contributed by atoms with Crippen LogP contribution in [0.25, 0.3) is 0 Å². The second-order valence-electron chi connectivity index (χ2n) is 5.74. The molecule has 0 saturated heterocycles. The Hall–Kier alpha value is -2.89. The van der Waals surface area contributed by atoms with Crippen molar-refractivity contribution in [1.82, 2.24) is 5.43 Å². The molecule has 1 aromatic carbocycles. The average Bonchev–Trinajstić information content (AvgIpc) is 2.98. The minimum atomic E-state index is -1.12. The van der Waals surface area contributed by atoms with Gasteiger partial charge in [0.25, 0.3) is 5.91 Å². The number of aryl methyl sites for hydroxylation is 3. The maximum Gasteiger partial charge on any atom is 0.271 e. The molecule has 1 N–H and O–H groups in total. The molecule has 6 heteroatoms. The van der Waals surface area contributed by atoms with Crippen LogP contribution in [0.3, 0.4) is 0 Å². The Balaban J connectivity index is 2.05. The molecule has 0 unspecified atom stereocenters. The predicted molar refractivity (Wildman–Crippen MR) is 92.3 cm³/mol. The zero-order chi connectivity index (χ0) is 18.4. The summed E-state index contributed by atoms with van der Waals surface area (Å²) in [5.41, 5.74) is 5.53. The van der Waals surface area contributed by atoms with Gasteiger partial charge in [-0.2, -0.15) is 5.10 Å². The van der Waals surface area contributed by atoms with Crippen molar-refractivity contribution in [2.45, 2.75) is 40.0 Å². The number of nitrogens with one attached hydrogen (secondary N) is 1. The van der Waals surface area contributed by atoms with E-state index in [2.05, 4.69) is 17.5 Å². The maximum atomic E-state index is 12.1. The molecule has 132 valence electrons. The number of nitrogens with zero attached hydrogens (tertiary/aromatic N) is 1. The van der Waals surface area contributed by atoms with E-state index in [-0.39, 0.29) is 18.7 Å². The standard InChI is InChI=1S/C19H22N2O4/c1-4-14-5-7-15(8-6-14)19(24)21-20-12(2)17-11-16(25-13(17)3)9-10-18(22)23/h5-8,11H,4,9-10H2,1-3H3,(H,21,24)(H,22,23)/p-1/b20-12-. The quantitative estimate of drug-likeness (QED) is 0.615. The highest BCUT2D eigenvalue weighted by atomic mass is 16.4. The third kappa shape index (κ3) is 5.04. The molecule has 0 aliphatic carbocycles. The maximum absolute atomic E-state index is 12.1. The van der Waals surface area contributed by atoms with Crippen molar-refractivity contribution in [3.63, 3.8) is 0 Å². The van der Waals surface area contributed by atoms with Crippen LogP contribution in [0, 0.1) is 6.92 Å². The van der Waals surface area contributed by atoms with E-state index in [0.29, 0.717) is 22.8 Å². The Morgan fingerprint density at radius 2 is 1.92 bits per heavy atom. The number of rotatable bonds is 7. The second-order valence-corrected chi connectivity index (χ2v) is 5.74. The number of hydrogen-bond donors (Lipinski definition) is 1. The molecule has 0 spiro atoms. The largest absolute Gasteiger partial charge is 0.550 e. The smallest absolute Gasteiger partial charge is 0.271 e. The van der Waals surface area contributed by atoms with Crippen LogP contribution >= 0.6 is 0 Å². The Morgan fingerprint density at radius 3 is 2.52 bits per heavy atom. The number of carboxylic acids is 1. The van der Waals surface area contributed by atoms with Crippen LogP contribution in [0.5, 0.6) is 0 Å². The number of amides is 1. The number of aliphatic carboxylic acids is 1. The first-order valence-electron chi connectivity index (χ1n) is 8.13. The molecule has 0 aliphatic heterocycles. The van der Waals surface area contributed by atoms with Crippen molar-refractivity contribution < 1.29 is 19.1 Å². The van der Waals surface area contributed by atoms with Gasteiger partial charge < -0.3 is 14.3 Å². The SMILES string of the molecule is CCc1ccc(C(=O)N/N=C(/C)c2cc(CCC(=O)[O-])oc2C)cc1. The van der Waals surface area contributed by atoms with Crippen molar-refractivity contribution in [3.8, 4) is 0 Å². The van der Waals surface area contributed by atoms with Crippen molar-refractivity contribution in [2.24, 2.45) is 5.10 Å². The zero-order valence-electron chi connectivity index (χ0n) is 14.6. The lowest BCUT2D eigenvalue weighted by Gasteiger charge is -2.03. The summed E-state index contributed by atoms with van der Waals surface area (Å²) >= 11 is 0. The van der Waals surface area contributed by atoms with Crippen LogP contribution < -0.4 is 10.5 Å². The first-order chi connectivity index (χ1) is 11.9. The first kappa shape index (κ1) is 18.4. The minimum Gasteiger partial charge on any atom is -0.550 e. The van der Waals surface area contributed by atoms with Crippen molar-refractivity contribution in [3.05, 3.63) is 58.5 Å². The van der Waals surface area contributed by atoms with E-state index >= 15 is 0 Å². The molecular weight excluding hydrogens is 320 g/mol. The van der Waals surface area contributed by atoms with Gasteiger partial charge in [-0.25, -0.2) is 5.43 Å². The Bertz CT molecular complexity index is 788. The Morgan fingerprint density at radius 1 is 1.24 bits per heavy atom. The summed E-state index contributed by atoms with van der Waals surface area (Å²) in [6.07, 6.45) is 1.07. The van der Waals surface area contributed by atoms with E-state index in [0.717, 1.165) is 17.5 Å². The molecule has 25 heavy (non-hydrogen) atoms. The van der Waals surface area contributed by atoms with Crippen LogP contribution in [-0.2, 0) is 17.6 Å². The lowest BCUT2D eigenvalue weighted by molar-refractivity contribution is -0.305. The van der Waals surface area contributed by atoms with Gasteiger partial charge in [0.05, 0.1) is 5.71 Å². The van der Waals surface area contributed by atoms with Gasteiger partial charge in [0.15, 0.2) is 0 Å². The number of benzene rings is 1. The van der Waals surface area contributed by atoms with Gasteiger partial charge in [0, 0.05) is 23.5 Å². The van der Waals surface area contributed by atoms with E-state index in [9.17, 15) is 14.7 Å². The Labute approximate surface area is 146 Å². The summed E-state index contributed by atoms with van der Waals surface area (Å²) in [5.74, 6) is -0.244. The molecule has 2 rings (SSSR count). The molecule has 0 saturated carbocycles. The second kappa shape index (κ2) is 8.28. The fourth-order valence-electron chi connectivity index (χ4n) is 2.40. The summed E-state index contributed by atoms with van der Waals surface area (Å²) in [5, 5.41) is 14.6. The molecule has 0 atom stereocenters. The molecule has 0 aliphatic rings. The summed E-state index contributed by atoms with van der Waals surface area (Å²) < 4.78 is 5.52. The summed E-state index contributed by atoms with van der Waals surface area (Å²) in [6.45, 7) is 5.57. The summed E-state index contributed by atoms with van der Waals surface area (Å²) in [4.78, 5) is 22.7. The van der Waals surface area contributed by atoms with E-state index in [1.165, 1.54) is 0 Å². The van der Waals surface area contributed by atoms with Crippen LogP contribution in [0.15, 0.2) is 39.9 Å². The number of furan rings is 1. The monoisotopic (exact) mass is 341 g/mol. The molecule has 0 fully saturated rings. The van der Waals surface area contributed by atoms with Crippen molar-refractivity contribution in [1.29, 1.82) is 0 Å². The van der Waals surface area contributed by atoms with Gasteiger partial charge in [0.2, 0.25) is 0 Å². The molecular formula is C19H21N2O4-. The molecule has 0 bridgehead atoms. The summed E-state index contributed by atoms with van der Waals surface area (Å²) in [7, 11) is 0. The summed E-state index contributed by atoms with van der Waals surface area (Å²) in [6, 6.07) is 9.09. The molecule has 0 radical (unpaired) electrons. The lowest BCUT2D eigenvalue weighted by Crippen LogP contribution is -2.22.